The molecule has 0 fully saturated rings. The molecule has 4 heteroatoms. The lowest BCUT2D eigenvalue weighted by Gasteiger charge is -2.14. The van der Waals surface area contributed by atoms with E-state index in [1.165, 1.54) is 5.56 Å². The van der Waals surface area contributed by atoms with Crippen LogP contribution in [0.5, 0.6) is 5.75 Å². The summed E-state index contributed by atoms with van der Waals surface area (Å²) in [6, 6.07) is 16.3. The normalized spacial score (nSPS) is 12.7. The van der Waals surface area contributed by atoms with Crippen molar-refractivity contribution in [1.82, 2.24) is 9.55 Å². The van der Waals surface area contributed by atoms with Gasteiger partial charge in [0.15, 0.2) is 0 Å². The number of para-hydroxylation sites is 3. The van der Waals surface area contributed by atoms with Gasteiger partial charge in [0.25, 0.3) is 0 Å². The first-order valence-electron chi connectivity index (χ1n) is 9.43. The van der Waals surface area contributed by atoms with E-state index in [9.17, 15) is 5.11 Å². The van der Waals surface area contributed by atoms with Crippen LogP contribution in [0.4, 0.5) is 0 Å². The summed E-state index contributed by atoms with van der Waals surface area (Å²) in [4.78, 5) is 4.57. The summed E-state index contributed by atoms with van der Waals surface area (Å²) in [5, 5.41) is 10.0. The average molecular weight is 352 g/mol. The number of hydrogen-bond acceptors (Lipinski definition) is 3. The largest absolute Gasteiger partial charge is 0.493 e. The van der Waals surface area contributed by atoms with Crippen LogP contribution in [-0.2, 0) is 6.54 Å². The first kappa shape index (κ1) is 18.5. The Morgan fingerprint density at radius 1 is 1.00 bits per heavy atom. The van der Waals surface area contributed by atoms with E-state index >= 15 is 0 Å². The van der Waals surface area contributed by atoms with Gasteiger partial charge in [0, 0.05) is 6.54 Å². The number of fused-ring (bicyclic) bond motifs is 1. The third kappa shape index (κ3) is 4.07. The standard InChI is InChI=1S/C22H28N2O2/c1-16(2)18-10-4-7-13-21(18)26-15-9-8-14-24-20-12-6-5-11-19(20)23-22(24)17(3)25/h4-7,10-13,16-17,25H,8-9,14-15H2,1-3H3. The van der Waals surface area contributed by atoms with E-state index in [1.807, 2.05) is 30.3 Å². The summed E-state index contributed by atoms with van der Waals surface area (Å²) in [7, 11) is 0. The van der Waals surface area contributed by atoms with Gasteiger partial charge in [0.2, 0.25) is 0 Å². The molecule has 26 heavy (non-hydrogen) atoms. The van der Waals surface area contributed by atoms with Crippen molar-refractivity contribution < 1.29 is 9.84 Å². The number of aromatic nitrogens is 2. The second-order valence-corrected chi connectivity index (χ2v) is 7.03. The number of aliphatic hydroxyl groups excluding tert-OH is 1. The minimum Gasteiger partial charge on any atom is -0.493 e. The Bertz CT molecular complexity index is 852. The first-order chi connectivity index (χ1) is 12.6. The molecule has 2 aromatic carbocycles. The minimum absolute atomic E-state index is 0.456. The molecule has 0 amide bonds. The maximum Gasteiger partial charge on any atom is 0.138 e. The summed E-state index contributed by atoms with van der Waals surface area (Å²) in [6.45, 7) is 7.66. The van der Waals surface area contributed by atoms with E-state index in [0.717, 1.165) is 42.0 Å². The molecule has 3 rings (SSSR count). The van der Waals surface area contributed by atoms with E-state index in [4.69, 9.17) is 4.74 Å². The predicted molar refractivity (Wildman–Crippen MR) is 106 cm³/mol. The smallest absolute Gasteiger partial charge is 0.138 e. The van der Waals surface area contributed by atoms with E-state index < -0.39 is 6.10 Å². The summed E-state index contributed by atoms with van der Waals surface area (Å²) in [5.41, 5.74) is 3.27. The van der Waals surface area contributed by atoms with Gasteiger partial charge in [-0.15, -0.1) is 0 Å². The van der Waals surface area contributed by atoms with Gasteiger partial charge in [0.1, 0.15) is 17.7 Å². The third-order valence-electron chi connectivity index (χ3n) is 4.63. The molecule has 1 atom stereocenters. The molecule has 0 bridgehead atoms. The highest BCUT2D eigenvalue weighted by Gasteiger charge is 2.14. The van der Waals surface area contributed by atoms with E-state index in [-0.39, 0.29) is 0 Å². The number of imidazole rings is 1. The highest BCUT2D eigenvalue weighted by atomic mass is 16.5. The van der Waals surface area contributed by atoms with Gasteiger partial charge in [-0.05, 0) is 49.4 Å². The molecule has 0 aliphatic carbocycles. The third-order valence-corrected chi connectivity index (χ3v) is 4.63. The molecular weight excluding hydrogens is 324 g/mol. The maximum absolute atomic E-state index is 10.0. The van der Waals surface area contributed by atoms with Crippen LogP contribution in [-0.4, -0.2) is 21.3 Å². The molecule has 138 valence electrons. The Morgan fingerprint density at radius 3 is 2.50 bits per heavy atom. The van der Waals surface area contributed by atoms with Gasteiger partial charge in [-0.2, -0.15) is 0 Å². The molecule has 0 aliphatic rings. The number of nitrogens with zero attached hydrogens (tertiary/aromatic N) is 2. The molecular formula is C22H28N2O2. The molecule has 3 aromatic rings. The number of aryl methyl sites for hydroxylation is 1. The Kier molecular flexibility index (Phi) is 5.94. The van der Waals surface area contributed by atoms with Crippen LogP contribution in [0, 0.1) is 0 Å². The number of benzene rings is 2. The predicted octanol–water partition coefficient (Wildman–Crippen LogP) is 5.07. The molecule has 1 heterocycles. The van der Waals surface area contributed by atoms with E-state index in [1.54, 1.807) is 6.92 Å². The molecule has 0 saturated carbocycles. The van der Waals surface area contributed by atoms with Crippen molar-refractivity contribution in [3.8, 4) is 5.75 Å². The van der Waals surface area contributed by atoms with Crippen molar-refractivity contribution in [3.63, 3.8) is 0 Å². The van der Waals surface area contributed by atoms with Gasteiger partial charge in [-0.25, -0.2) is 4.98 Å². The molecule has 0 radical (unpaired) electrons. The highest BCUT2D eigenvalue weighted by Crippen LogP contribution is 2.26. The second kappa shape index (κ2) is 8.37. The quantitative estimate of drug-likeness (QED) is 0.576. The minimum atomic E-state index is -0.573. The van der Waals surface area contributed by atoms with Crippen LogP contribution < -0.4 is 4.74 Å². The van der Waals surface area contributed by atoms with E-state index in [0.29, 0.717) is 12.5 Å². The van der Waals surface area contributed by atoms with Gasteiger partial charge in [-0.1, -0.05) is 44.2 Å². The van der Waals surface area contributed by atoms with Crippen molar-refractivity contribution in [2.75, 3.05) is 6.61 Å². The lowest BCUT2D eigenvalue weighted by atomic mass is 10.0. The molecule has 4 nitrogen and oxygen atoms in total. The van der Waals surface area contributed by atoms with Crippen LogP contribution in [0.2, 0.25) is 0 Å². The Labute approximate surface area is 155 Å². The van der Waals surface area contributed by atoms with E-state index in [2.05, 4.69) is 41.6 Å². The van der Waals surface area contributed by atoms with Crippen molar-refractivity contribution in [1.29, 1.82) is 0 Å². The fourth-order valence-electron chi connectivity index (χ4n) is 3.29. The van der Waals surface area contributed by atoms with Crippen LogP contribution in [0.25, 0.3) is 11.0 Å². The topological polar surface area (TPSA) is 47.3 Å². The Morgan fingerprint density at radius 2 is 1.73 bits per heavy atom. The molecule has 0 aliphatic heterocycles. The van der Waals surface area contributed by atoms with Gasteiger partial charge in [0.05, 0.1) is 17.6 Å². The van der Waals surface area contributed by atoms with Gasteiger partial charge in [-0.3, -0.25) is 0 Å². The monoisotopic (exact) mass is 352 g/mol. The molecule has 1 unspecified atom stereocenters. The summed E-state index contributed by atoms with van der Waals surface area (Å²) >= 11 is 0. The van der Waals surface area contributed by atoms with Gasteiger partial charge >= 0.3 is 0 Å². The second-order valence-electron chi connectivity index (χ2n) is 7.03. The number of aliphatic hydroxyl groups is 1. The lowest BCUT2D eigenvalue weighted by Crippen LogP contribution is -2.08. The fraction of sp³-hybridized carbons (Fsp3) is 0.409. The average Bonchev–Trinajstić information content (AvgIpc) is 3.01. The van der Waals surface area contributed by atoms with Crippen LogP contribution in [0.1, 0.15) is 57.0 Å². The van der Waals surface area contributed by atoms with Gasteiger partial charge < -0.3 is 14.4 Å². The first-order valence-corrected chi connectivity index (χ1v) is 9.43. The summed E-state index contributed by atoms with van der Waals surface area (Å²) in [6.07, 6.45) is 1.36. The summed E-state index contributed by atoms with van der Waals surface area (Å²) in [5.74, 6) is 2.18. The van der Waals surface area contributed by atoms with Crippen molar-refractivity contribution in [2.45, 2.75) is 52.2 Å². The zero-order valence-electron chi connectivity index (χ0n) is 15.9. The summed E-state index contributed by atoms with van der Waals surface area (Å²) < 4.78 is 8.14. The van der Waals surface area contributed by atoms with Crippen LogP contribution in [0.3, 0.4) is 0 Å². The van der Waals surface area contributed by atoms with Crippen molar-refractivity contribution in [2.24, 2.45) is 0 Å². The highest BCUT2D eigenvalue weighted by molar-refractivity contribution is 5.75. The van der Waals surface area contributed by atoms with Crippen LogP contribution >= 0.6 is 0 Å². The zero-order valence-corrected chi connectivity index (χ0v) is 15.9. The SMILES string of the molecule is CC(C)c1ccccc1OCCCCn1c(C(C)O)nc2ccccc21. The number of hydrogen-bond donors (Lipinski definition) is 1. The number of unbranched alkanes of at least 4 members (excludes halogenated alkanes) is 1. The zero-order chi connectivity index (χ0) is 18.5. The van der Waals surface area contributed by atoms with Crippen LogP contribution in [0.15, 0.2) is 48.5 Å². The fourth-order valence-corrected chi connectivity index (χ4v) is 3.29. The lowest BCUT2D eigenvalue weighted by molar-refractivity contribution is 0.184. The molecule has 0 saturated heterocycles. The molecule has 1 N–H and O–H groups in total. The Balaban J connectivity index is 1.59. The van der Waals surface area contributed by atoms with Crippen molar-refractivity contribution in [3.05, 3.63) is 59.9 Å². The number of rotatable bonds is 8. The number of ether oxygens (including phenoxy) is 1. The molecule has 1 aromatic heterocycles. The van der Waals surface area contributed by atoms with Crippen molar-refractivity contribution >= 4 is 11.0 Å². The Hall–Kier alpha value is -2.33. The maximum atomic E-state index is 10.0. The molecule has 0 spiro atoms.